The minimum Gasteiger partial charge on any atom is -0.496 e. The van der Waals surface area contributed by atoms with Gasteiger partial charge in [-0.2, -0.15) is 5.10 Å². The van der Waals surface area contributed by atoms with Crippen molar-refractivity contribution in [3.63, 3.8) is 0 Å². The number of carbonyl (C=O) groups excluding carboxylic acids is 1. The number of methoxy groups -OCH3 is 2. The quantitative estimate of drug-likeness (QED) is 0.146. The largest absolute Gasteiger partial charge is 0.496 e. The molecule has 51 heavy (non-hydrogen) atoms. The SMILES string of the molecule is COc1cccc(OC)c1-c1ccc(C[C@H](NC(=O)c2c(F)cc(NS(=O)(=O)c3ccc(-n4cncn4)cc3)cc2F)C(=O)O)c2ccccc12. The summed E-state index contributed by atoms with van der Waals surface area (Å²) in [5.41, 5.74) is 0.933. The Morgan fingerprint density at radius 1 is 0.882 bits per heavy atom. The predicted molar refractivity (Wildman–Crippen MR) is 184 cm³/mol. The number of carboxylic acids is 1. The van der Waals surface area contributed by atoms with Crippen LogP contribution < -0.4 is 19.5 Å². The van der Waals surface area contributed by atoms with Gasteiger partial charge in [0.1, 0.15) is 47.4 Å². The van der Waals surface area contributed by atoms with Gasteiger partial charge in [0.2, 0.25) is 0 Å². The summed E-state index contributed by atoms with van der Waals surface area (Å²) >= 11 is 0. The van der Waals surface area contributed by atoms with Crippen molar-refractivity contribution in [1.82, 2.24) is 20.1 Å². The fraction of sp³-hybridized carbons (Fsp3) is 0.111. The second kappa shape index (κ2) is 14.2. The van der Waals surface area contributed by atoms with Gasteiger partial charge in [-0.25, -0.2) is 31.7 Å². The van der Waals surface area contributed by atoms with E-state index in [1.807, 2.05) is 12.1 Å². The number of nitrogens with zero attached hydrogens (tertiary/aromatic N) is 3. The van der Waals surface area contributed by atoms with Gasteiger partial charge in [-0.05, 0) is 70.4 Å². The normalized spacial score (nSPS) is 11.9. The minimum absolute atomic E-state index is 0.207. The fourth-order valence-electron chi connectivity index (χ4n) is 5.71. The number of hydrogen-bond donors (Lipinski definition) is 3. The third-order valence-corrected chi connectivity index (χ3v) is 9.49. The lowest BCUT2D eigenvalue weighted by Gasteiger charge is -2.19. The number of aromatic nitrogens is 3. The first-order valence-electron chi connectivity index (χ1n) is 15.2. The van der Waals surface area contributed by atoms with E-state index in [0.717, 1.165) is 10.9 Å². The molecule has 0 fully saturated rings. The maximum absolute atomic E-state index is 15.2. The molecule has 1 aromatic heterocycles. The van der Waals surface area contributed by atoms with Gasteiger partial charge in [0.05, 0.1) is 36.1 Å². The lowest BCUT2D eigenvalue weighted by Crippen LogP contribution is -2.43. The molecule has 0 saturated heterocycles. The topological polar surface area (TPSA) is 162 Å². The zero-order valence-electron chi connectivity index (χ0n) is 27.0. The van der Waals surface area contributed by atoms with Crippen molar-refractivity contribution in [1.29, 1.82) is 0 Å². The molecule has 0 radical (unpaired) electrons. The highest BCUT2D eigenvalue weighted by Gasteiger charge is 2.27. The highest BCUT2D eigenvalue weighted by atomic mass is 32.2. The molecule has 0 spiro atoms. The first-order valence-corrected chi connectivity index (χ1v) is 16.7. The van der Waals surface area contributed by atoms with Crippen LogP contribution in [-0.2, 0) is 21.2 Å². The molecule has 1 amide bonds. The van der Waals surface area contributed by atoms with Gasteiger partial charge in [0.25, 0.3) is 15.9 Å². The van der Waals surface area contributed by atoms with Gasteiger partial charge in [-0.3, -0.25) is 9.52 Å². The average Bonchev–Trinajstić information content (AvgIpc) is 3.66. The second-order valence-corrected chi connectivity index (χ2v) is 12.9. The number of rotatable bonds is 12. The molecule has 0 unspecified atom stereocenters. The molecule has 3 N–H and O–H groups in total. The van der Waals surface area contributed by atoms with Gasteiger partial charge in [0, 0.05) is 6.42 Å². The first-order chi connectivity index (χ1) is 24.5. The summed E-state index contributed by atoms with van der Waals surface area (Å²) in [4.78, 5) is 29.1. The minimum atomic E-state index is -4.30. The number of nitrogens with one attached hydrogen (secondary N) is 2. The van der Waals surface area contributed by atoms with Crippen molar-refractivity contribution in [2.45, 2.75) is 17.4 Å². The molecule has 0 bridgehead atoms. The van der Waals surface area contributed by atoms with Crippen LogP contribution in [0.25, 0.3) is 27.6 Å². The van der Waals surface area contributed by atoms with E-state index in [1.54, 1.807) is 42.5 Å². The highest BCUT2D eigenvalue weighted by molar-refractivity contribution is 7.92. The zero-order valence-corrected chi connectivity index (χ0v) is 27.8. The molecular formula is C36H29F2N5O7S. The summed E-state index contributed by atoms with van der Waals surface area (Å²) in [6, 6.07) is 21.2. The van der Waals surface area contributed by atoms with Crippen LogP contribution in [-0.4, -0.2) is 60.4 Å². The van der Waals surface area contributed by atoms with Crippen LogP contribution in [0.3, 0.4) is 0 Å². The summed E-state index contributed by atoms with van der Waals surface area (Å²) < 4.78 is 71.1. The molecule has 1 heterocycles. The van der Waals surface area contributed by atoms with Gasteiger partial charge in [-0.1, -0.05) is 42.5 Å². The molecule has 15 heteroatoms. The summed E-state index contributed by atoms with van der Waals surface area (Å²) in [6.07, 6.45) is 2.50. The number of carboxylic acid groups (broad SMARTS) is 1. The molecule has 0 saturated carbocycles. The Bertz CT molecular complexity index is 2330. The van der Waals surface area contributed by atoms with Crippen LogP contribution in [0.2, 0.25) is 0 Å². The summed E-state index contributed by atoms with van der Waals surface area (Å²) in [7, 11) is -1.23. The Labute approximate surface area is 290 Å². The molecular weight excluding hydrogens is 684 g/mol. The molecule has 0 aliphatic heterocycles. The van der Waals surface area contributed by atoms with Gasteiger partial charge < -0.3 is 19.9 Å². The smallest absolute Gasteiger partial charge is 0.326 e. The standard InChI is InChI=1S/C36H29F2N5O7S/c1-49-31-8-5-9-32(50-2)33(31)27-15-10-21(25-6-3-4-7-26(25)27)16-30(36(45)46)41-35(44)34-28(37)17-22(18-29(34)38)42-51(47,48)24-13-11-23(12-14-24)43-20-39-19-40-43/h3-15,17-20,30,42H,16H2,1-2H3,(H,41,44)(H,45,46)/t30-/m0/s1. The van der Waals surface area contributed by atoms with Crippen LogP contribution >= 0.6 is 0 Å². The number of carbonyl (C=O) groups is 2. The van der Waals surface area contributed by atoms with Gasteiger partial charge >= 0.3 is 5.97 Å². The van der Waals surface area contributed by atoms with Crippen LogP contribution in [0.5, 0.6) is 11.5 Å². The van der Waals surface area contributed by atoms with E-state index in [1.165, 1.54) is 55.8 Å². The molecule has 0 aliphatic carbocycles. The lowest BCUT2D eigenvalue weighted by atomic mass is 9.91. The van der Waals surface area contributed by atoms with Crippen LogP contribution in [0.1, 0.15) is 15.9 Å². The number of amides is 1. The van der Waals surface area contributed by atoms with Crippen molar-refractivity contribution in [3.05, 3.63) is 126 Å². The third kappa shape index (κ3) is 7.05. The number of sulfonamides is 1. The van der Waals surface area contributed by atoms with Crippen molar-refractivity contribution in [3.8, 4) is 28.3 Å². The number of benzene rings is 5. The predicted octanol–water partition coefficient (Wildman–Crippen LogP) is 5.61. The highest BCUT2D eigenvalue weighted by Crippen LogP contribution is 2.42. The zero-order chi connectivity index (χ0) is 36.3. The second-order valence-electron chi connectivity index (χ2n) is 11.2. The van der Waals surface area contributed by atoms with Gasteiger partial charge in [-0.15, -0.1) is 0 Å². The Morgan fingerprint density at radius 2 is 1.53 bits per heavy atom. The number of fused-ring (bicyclic) bond motifs is 1. The van der Waals surface area contributed by atoms with Gasteiger partial charge in [0.15, 0.2) is 0 Å². The number of aliphatic carboxylic acids is 1. The summed E-state index contributed by atoms with van der Waals surface area (Å²) in [5, 5.41) is 17.6. The van der Waals surface area contributed by atoms with Crippen LogP contribution in [0.4, 0.5) is 14.5 Å². The summed E-state index contributed by atoms with van der Waals surface area (Å²) in [5.74, 6) is -4.47. The Kier molecular flexibility index (Phi) is 9.64. The molecule has 12 nitrogen and oxygen atoms in total. The fourth-order valence-corrected chi connectivity index (χ4v) is 6.75. The Morgan fingerprint density at radius 3 is 2.12 bits per heavy atom. The van der Waals surface area contributed by atoms with Crippen molar-refractivity contribution < 1.29 is 41.4 Å². The summed E-state index contributed by atoms with van der Waals surface area (Å²) in [6.45, 7) is 0. The van der Waals surface area contributed by atoms with E-state index in [0.29, 0.717) is 45.8 Å². The average molecular weight is 714 g/mol. The number of anilines is 1. The molecule has 260 valence electrons. The third-order valence-electron chi connectivity index (χ3n) is 8.09. The van der Waals surface area contributed by atoms with E-state index in [4.69, 9.17) is 9.47 Å². The molecule has 1 atom stereocenters. The maximum Gasteiger partial charge on any atom is 0.326 e. The maximum atomic E-state index is 15.2. The molecule has 0 aliphatic rings. The monoisotopic (exact) mass is 713 g/mol. The number of ether oxygens (including phenoxy) is 2. The van der Waals surface area contributed by atoms with E-state index < -0.39 is 50.8 Å². The van der Waals surface area contributed by atoms with E-state index in [-0.39, 0.29) is 11.3 Å². The van der Waals surface area contributed by atoms with Crippen molar-refractivity contribution >= 4 is 38.4 Å². The van der Waals surface area contributed by atoms with E-state index in [9.17, 15) is 23.1 Å². The Hall–Kier alpha value is -6.35. The number of halogens is 2. The van der Waals surface area contributed by atoms with Crippen LogP contribution in [0, 0.1) is 11.6 Å². The van der Waals surface area contributed by atoms with Crippen molar-refractivity contribution in [2.75, 3.05) is 18.9 Å². The van der Waals surface area contributed by atoms with Crippen LogP contribution in [0.15, 0.2) is 109 Å². The first kappa shape index (κ1) is 34.5. The van der Waals surface area contributed by atoms with Crippen molar-refractivity contribution in [2.24, 2.45) is 0 Å². The molecule has 6 aromatic rings. The van der Waals surface area contributed by atoms with E-state index >= 15 is 8.78 Å². The number of hydrogen-bond acceptors (Lipinski definition) is 8. The van der Waals surface area contributed by atoms with E-state index in [2.05, 4.69) is 20.1 Å². The lowest BCUT2D eigenvalue weighted by molar-refractivity contribution is -0.139. The molecule has 6 rings (SSSR count). The Balaban J connectivity index is 1.23. The molecule has 5 aromatic carbocycles.